The molecule has 0 spiro atoms. The third-order valence-electron chi connectivity index (χ3n) is 5.73. The summed E-state index contributed by atoms with van der Waals surface area (Å²) in [4.78, 5) is 17.6. The second kappa shape index (κ2) is 7.33. The largest absolute Gasteiger partial charge is 0.458 e. The number of sulfone groups is 1. The van der Waals surface area contributed by atoms with Gasteiger partial charge in [0, 0.05) is 6.20 Å². The molecule has 0 bridgehead atoms. The second-order valence-electron chi connectivity index (χ2n) is 7.94. The summed E-state index contributed by atoms with van der Waals surface area (Å²) in [6.45, 7) is 5.89. The Morgan fingerprint density at radius 3 is 2.48 bits per heavy atom. The zero-order valence-corrected chi connectivity index (χ0v) is 17.6. The van der Waals surface area contributed by atoms with Crippen molar-refractivity contribution in [3.05, 3.63) is 47.9 Å². The number of aromatic nitrogens is 3. The molecule has 2 heterocycles. The molecule has 4 rings (SSSR count). The molecule has 0 radical (unpaired) electrons. The number of esters is 1. The lowest BCUT2D eigenvalue weighted by Crippen LogP contribution is -2.35. The van der Waals surface area contributed by atoms with Gasteiger partial charge in [-0.05, 0) is 43.7 Å². The fraction of sp³-hybridized carbons (Fsp3) is 0.429. The summed E-state index contributed by atoms with van der Waals surface area (Å²) < 4.78 is 33.9. The minimum Gasteiger partial charge on any atom is -0.458 e. The standard InChI is InChI=1S/C21H25N3O4S/c1-13-8-7-9-14(2)19(13)28-21(25)18-17(12-24-20(18)22-15(3)23-24)29(26,27)16-10-5-4-6-11-16/h4-6,10-14,19H,7-9H2,1-3H3,(H,22,23). The molecule has 0 aliphatic heterocycles. The lowest BCUT2D eigenvalue weighted by molar-refractivity contribution is -0.0163. The number of nitrogens with one attached hydrogen (secondary N) is 1. The molecule has 3 aromatic rings. The van der Waals surface area contributed by atoms with Crippen LogP contribution in [-0.2, 0) is 14.6 Å². The molecule has 2 aromatic heterocycles. The fourth-order valence-corrected chi connectivity index (χ4v) is 5.67. The number of nitrogens with zero attached hydrogens (tertiary/aromatic N) is 2. The first-order valence-electron chi connectivity index (χ1n) is 9.88. The molecule has 1 aromatic carbocycles. The smallest absolute Gasteiger partial charge is 0.343 e. The van der Waals surface area contributed by atoms with Crippen molar-refractivity contribution in [1.29, 1.82) is 0 Å². The fourth-order valence-electron chi connectivity index (χ4n) is 4.22. The van der Waals surface area contributed by atoms with Crippen LogP contribution in [0.5, 0.6) is 0 Å². The van der Waals surface area contributed by atoms with Crippen molar-refractivity contribution >= 4 is 21.5 Å². The molecule has 0 saturated heterocycles. The highest BCUT2D eigenvalue weighted by atomic mass is 32.2. The molecule has 0 amide bonds. The second-order valence-corrected chi connectivity index (χ2v) is 9.86. The quantitative estimate of drug-likeness (QED) is 0.655. The number of carbonyl (C=O) groups excluding carboxylic acids is 1. The van der Waals surface area contributed by atoms with Crippen molar-refractivity contribution in [3.63, 3.8) is 0 Å². The van der Waals surface area contributed by atoms with Crippen molar-refractivity contribution in [2.24, 2.45) is 11.8 Å². The maximum absolute atomic E-state index is 13.3. The number of hydrogen-bond donors (Lipinski definition) is 1. The number of benzene rings is 1. The number of aromatic amines is 1. The van der Waals surface area contributed by atoms with Crippen LogP contribution in [0.1, 0.15) is 49.3 Å². The first kappa shape index (κ1) is 19.7. The van der Waals surface area contributed by atoms with Gasteiger partial charge >= 0.3 is 5.97 Å². The summed E-state index contributed by atoms with van der Waals surface area (Å²) in [5.74, 6) is 0.406. The Morgan fingerprint density at radius 1 is 1.17 bits per heavy atom. The zero-order valence-electron chi connectivity index (χ0n) is 16.8. The molecule has 8 heteroatoms. The Morgan fingerprint density at radius 2 is 1.83 bits per heavy atom. The van der Waals surface area contributed by atoms with E-state index in [1.807, 2.05) is 0 Å². The van der Waals surface area contributed by atoms with Gasteiger partial charge in [-0.2, -0.15) is 0 Å². The average Bonchev–Trinajstić information content (AvgIpc) is 3.21. The Bertz CT molecular complexity index is 1140. The van der Waals surface area contributed by atoms with Crippen LogP contribution in [0, 0.1) is 18.8 Å². The van der Waals surface area contributed by atoms with Gasteiger partial charge in [-0.15, -0.1) is 0 Å². The van der Waals surface area contributed by atoms with Crippen LogP contribution in [0.4, 0.5) is 0 Å². The Balaban J connectivity index is 1.80. The minimum absolute atomic E-state index is 0.0109. The summed E-state index contributed by atoms with van der Waals surface area (Å²) in [5.41, 5.74) is 0.251. The Labute approximate surface area is 170 Å². The normalized spacial score (nSPS) is 22.7. The number of aryl methyl sites for hydroxylation is 1. The predicted molar refractivity (Wildman–Crippen MR) is 108 cm³/mol. The van der Waals surface area contributed by atoms with Crippen molar-refractivity contribution in [1.82, 2.24) is 14.6 Å². The molecule has 7 nitrogen and oxygen atoms in total. The number of H-pyrrole nitrogens is 1. The third kappa shape index (κ3) is 3.46. The predicted octanol–water partition coefficient (Wildman–Crippen LogP) is 3.79. The van der Waals surface area contributed by atoms with E-state index in [1.165, 1.54) is 22.8 Å². The molecule has 1 fully saturated rings. The number of ether oxygens (including phenoxy) is 1. The molecule has 29 heavy (non-hydrogen) atoms. The van der Waals surface area contributed by atoms with Gasteiger partial charge in [0.1, 0.15) is 22.4 Å². The van der Waals surface area contributed by atoms with Crippen LogP contribution >= 0.6 is 0 Å². The number of hydrogen-bond acceptors (Lipinski definition) is 5. The maximum Gasteiger partial charge on any atom is 0.343 e. The van der Waals surface area contributed by atoms with Crippen molar-refractivity contribution in [2.75, 3.05) is 0 Å². The molecule has 1 aliphatic carbocycles. The van der Waals surface area contributed by atoms with E-state index in [0.29, 0.717) is 5.82 Å². The van der Waals surface area contributed by atoms with Crippen molar-refractivity contribution in [2.45, 2.75) is 55.9 Å². The van der Waals surface area contributed by atoms with Gasteiger partial charge in [-0.25, -0.2) is 22.7 Å². The lowest BCUT2D eigenvalue weighted by atomic mass is 9.80. The van der Waals surface area contributed by atoms with Gasteiger partial charge in [0.05, 0.1) is 4.90 Å². The summed E-state index contributed by atoms with van der Waals surface area (Å²) in [6, 6.07) is 8.08. The molecule has 2 atom stereocenters. The van der Waals surface area contributed by atoms with Gasteiger partial charge in [0.2, 0.25) is 9.84 Å². The topological polar surface area (TPSA) is 93.5 Å². The highest BCUT2D eigenvalue weighted by Crippen LogP contribution is 2.34. The Hall–Kier alpha value is -2.61. The molecule has 1 N–H and O–H groups in total. The molecular weight excluding hydrogens is 390 g/mol. The average molecular weight is 416 g/mol. The molecule has 1 aliphatic rings. The molecule has 154 valence electrons. The minimum atomic E-state index is -3.91. The van der Waals surface area contributed by atoms with Crippen molar-refractivity contribution in [3.8, 4) is 0 Å². The van der Waals surface area contributed by atoms with E-state index < -0.39 is 15.8 Å². The third-order valence-corrected chi connectivity index (χ3v) is 7.51. The number of rotatable bonds is 4. The summed E-state index contributed by atoms with van der Waals surface area (Å²) in [6.07, 6.45) is 4.26. The van der Waals surface area contributed by atoms with Gasteiger partial charge in [-0.1, -0.05) is 38.5 Å². The summed E-state index contributed by atoms with van der Waals surface area (Å²) >= 11 is 0. The highest BCUT2D eigenvalue weighted by Gasteiger charge is 2.36. The first-order chi connectivity index (χ1) is 13.8. The van der Waals surface area contributed by atoms with Gasteiger partial charge in [0.15, 0.2) is 5.65 Å². The van der Waals surface area contributed by atoms with E-state index in [9.17, 15) is 13.2 Å². The lowest BCUT2D eigenvalue weighted by Gasteiger charge is -2.33. The molecule has 1 saturated carbocycles. The summed E-state index contributed by atoms with van der Waals surface area (Å²) in [5, 5.41) is 2.95. The Kier molecular flexibility index (Phi) is 4.98. The van der Waals surface area contributed by atoms with E-state index in [0.717, 1.165) is 19.3 Å². The van der Waals surface area contributed by atoms with Gasteiger partial charge in [-0.3, -0.25) is 5.10 Å². The maximum atomic E-state index is 13.3. The zero-order chi connectivity index (χ0) is 20.8. The summed E-state index contributed by atoms with van der Waals surface area (Å²) in [7, 11) is -3.91. The SMILES string of the molecule is Cc1nc2c(C(=O)OC3C(C)CCCC3C)c(S(=O)(=O)c3ccccc3)cn2[nH]1. The molecule has 2 unspecified atom stereocenters. The number of fused-ring (bicyclic) bond motifs is 1. The van der Waals surface area contributed by atoms with E-state index in [2.05, 4.69) is 23.9 Å². The highest BCUT2D eigenvalue weighted by molar-refractivity contribution is 7.91. The van der Waals surface area contributed by atoms with Crippen LogP contribution in [0.3, 0.4) is 0 Å². The van der Waals surface area contributed by atoms with E-state index >= 15 is 0 Å². The van der Waals surface area contributed by atoms with Crippen LogP contribution in [0.15, 0.2) is 46.3 Å². The van der Waals surface area contributed by atoms with Gasteiger partial charge in [0.25, 0.3) is 0 Å². The monoisotopic (exact) mass is 415 g/mol. The van der Waals surface area contributed by atoms with E-state index in [-0.39, 0.29) is 38.9 Å². The van der Waals surface area contributed by atoms with E-state index in [4.69, 9.17) is 4.74 Å². The van der Waals surface area contributed by atoms with Gasteiger partial charge < -0.3 is 4.74 Å². The first-order valence-corrected chi connectivity index (χ1v) is 11.4. The van der Waals surface area contributed by atoms with E-state index in [1.54, 1.807) is 25.1 Å². The van der Waals surface area contributed by atoms with Crippen LogP contribution in [0.2, 0.25) is 0 Å². The number of carbonyl (C=O) groups is 1. The van der Waals surface area contributed by atoms with Crippen LogP contribution in [-0.4, -0.2) is 35.1 Å². The van der Waals surface area contributed by atoms with Crippen LogP contribution < -0.4 is 0 Å². The van der Waals surface area contributed by atoms with Crippen molar-refractivity contribution < 1.29 is 17.9 Å². The van der Waals surface area contributed by atoms with Crippen LogP contribution in [0.25, 0.3) is 5.65 Å². The molecular formula is C21H25N3O4S.